The van der Waals surface area contributed by atoms with Crippen LogP contribution < -0.4 is 16.2 Å². The second-order valence-corrected chi connectivity index (χ2v) is 4.62. The number of rotatable bonds is 6. The lowest BCUT2D eigenvalue weighted by atomic mass is 10.2. The zero-order chi connectivity index (χ0) is 12.9. The minimum absolute atomic E-state index is 0.640. The van der Waals surface area contributed by atoms with Crippen molar-refractivity contribution >= 4 is 11.4 Å². The van der Waals surface area contributed by atoms with E-state index in [2.05, 4.69) is 20.9 Å². The number of likely N-dealkylation sites (N-methyl/N-ethyl adjacent to an activating group) is 1. The largest absolute Gasteiger partial charge is 0.485 e. The molecule has 0 spiro atoms. The van der Waals surface area contributed by atoms with E-state index in [4.69, 9.17) is 16.2 Å². The second kappa shape index (κ2) is 5.77. The summed E-state index contributed by atoms with van der Waals surface area (Å²) in [4.78, 5) is 0. The summed E-state index contributed by atoms with van der Waals surface area (Å²) in [5.41, 5.74) is 12.8. The molecule has 4 N–H and O–H groups in total. The van der Waals surface area contributed by atoms with Crippen LogP contribution in [0.4, 0.5) is 11.4 Å². The molecular formula is C13H24N3O+. The third kappa shape index (κ3) is 3.82. The Kier molecular flexibility index (Phi) is 4.63. The molecule has 1 aromatic carbocycles. The molecule has 0 radical (unpaired) electrons. The molecule has 4 heteroatoms. The van der Waals surface area contributed by atoms with Gasteiger partial charge in [0.05, 0.1) is 25.8 Å². The Morgan fingerprint density at radius 1 is 1.18 bits per heavy atom. The Hall–Kier alpha value is -1.42. The molecule has 0 atom stereocenters. The van der Waals surface area contributed by atoms with Crippen LogP contribution in [-0.2, 0) is 0 Å². The number of benzene rings is 1. The normalized spacial score (nSPS) is 11.5. The molecule has 0 aromatic heterocycles. The highest BCUT2D eigenvalue weighted by Gasteiger charge is 2.16. The summed E-state index contributed by atoms with van der Waals surface area (Å²) in [5.74, 6) is 0.684. The van der Waals surface area contributed by atoms with Crippen molar-refractivity contribution < 1.29 is 9.22 Å². The first-order chi connectivity index (χ1) is 8.00. The summed E-state index contributed by atoms with van der Waals surface area (Å²) in [5, 5.41) is 0. The maximum absolute atomic E-state index is 5.82. The highest BCUT2D eigenvalue weighted by atomic mass is 16.5. The van der Waals surface area contributed by atoms with Gasteiger partial charge >= 0.3 is 0 Å². The van der Waals surface area contributed by atoms with Gasteiger partial charge in [-0.05, 0) is 26.0 Å². The highest BCUT2D eigenvalue weighted by molar-refractivity contribution is 5.59. The SMILES string of the molecule is CC[N+](C)(CC)CCOc1cc(N)ccc1N. The van der Waals surface area contributed by atoms with E-state index in [1.807, 2.05) is 0 Å². The Labute approximate surface area is 104 Å². The molecule has 0 aliphatic heterocycles. The predicted octanol–water partition coefficient (Wildman–Crippen LogP) is 1.72. The molecular weight excluding hydrogens is 214 g/mol. The maximum atomic E-state index is 5.82. The number of nitrogens with zero attached hydrogens (tertiary/aromatic N) is 1. The first-order valence-corrected chi connectivity index (χ1v) is 6.12. The highest BCUT2D eigenvalue weighted by Crippen LogP contribution is 2.23. The lowest BCUT2D eigenvalue weighted by Crippen LogP contribution is -2.46. The molecule has 4 nitrogen and oxygen atoms in total. The minimum Gasteiger partial charge on any atom is -0.485 e. The molecule has 0 aliphatic rings. The molecule has 0 aliphatic carbocycles. The van der Waals surface area contributed by atoms with Crippen LogP contribution in [0, 0.1) is 0 Å². The van der Waals surface area contributed by atoms with Crippen LogP contribution in [0.1, 0.15) is 13.8 Å². The molecule has 1 rings (SSSR count). The van der Waals surface area contributed by atoms with Crippen molar-refractivity contribution in [3.05, 3.63) is 18.2 Å². The van der Waals surface area contributed by atoms with Gasteiger partial charge in [-0.25, -0.2) is 0 Å². The molecule has 0 heterocycles. The summed E-state index contributed by atoms with van der Waals surface area (Å²) >= 11 is 0. The molecule has 1 aromatic rings. The van der Waals surface area contributed by atoms with Crippen molar-refractivity contribution in [3.8, 4) is 5.75 Å². The average Bonchev–Trinajstić information content (AvgIpc) is 2.33. The van der Waals surface area contributed by atoms with Gasteiger partial charge in [0.25, 0.3) is 0 Å². The van der Waals surface area contributed by atoms with Crippen LogP contribution in [-0.4, -0.2) is 37.8 Å². The Morgan fingerprint density at radius 3 is 2.41 bits per heavy atom. The molecule has 0 amide bonds. The molecule has 96 valence electrons. The van der Waals surface area contributed by atoms with Gasteiger partial charge in [0.2, 0.25) is 0 Å². The fraction of sp³-hybridized carbons (Fsp3) is 0.538. The standard InChI is InChI=1S/C13H24N3O/c1-4-16(3,5-2)8-9-17-13-10-11(14)6-7-12(13)15/h6-7,10H,4-5,8-9,14-15H2,1-3H3/q+1. The van der Waals surface area contributed by atoms with Gasteiger partial charge in [0.1, 0.15) is 18.9 Å². The smallest absolute Gasteiger partial charge is 0.144 e. The predicted molar refractivity (Wildman–Crippen MR) is 72.9 cm³/mol. The number of ether oxygens (including phenoxy) is 1. The van der Waals surface area contributed by atoms with Gasteiger partial charge < -0.3 is 20.7 Å². The minimum atomic E-state index is 0.640. The molecule has 17 heavy (non-hydrogen) atoms. The van der Waals surface area contributed by atoms with Crippen molar-refractivity contribution in [3.63, 3.8) is 0 Å². The zero-order valence-corrected chi connectivity index (χ0v) is 11.1. The lowest BCUT2D eigenvalue weighted by molar-refractivity contribution is -0.906. The monoisotopic (exact) mass is 238 g/mol. The van der Waals surface area contributed by atoms with E-state index in [1.54, 1.807) is 18.2 Å². The van der Waals surface area contributed by atoms with Crippen molar-refractivity contribution in [1.29, 1.82) is 0 Å². The van der Waals surface area contributed by atoms with Crippen LogP contribution in [0.5, 0.6) is 5.75 Å². The first kappa shape index (κ1) is 13.6. The van der Waals surface area contributed by atoms with Gasteiger partial charge in [0.15, 0.2) is 0 Å². The Balaban J connectivity index is 2.53. The lowest BCUT2D eigenvalue weighted by Gasteiger charge is -2.31. The van der Waals surface area contributed by atoms with Crippen molar-refractivity contribution in [2.75, 3.05) is 44.8 Å². The summed E-state index contributed by atoms with van der Waals surface area (Å²) in [6.07, 6.45) is 0. The molecule has 0 unspecified atom stereocenters. The van der Waals surface area contributed by atoms with E-state index in [0.717, 1.165) is 24.1 Å². The number of nitrogens with two attached hydrogens (primary N) is 2. The number of quaternary nitrogens is 1. The summed E-state index contributed by atoms with van der Waals surface area (Å²) in [7, 11) is 2.23. The fourth-order valence-electron chi connectivity index (χ4n) is 1.59. The van der Waals surface area contributed by atoms with Crippen LogP contribution in [0.2, 0.25) is 0 Å². The van der Waals surface area contributed by atoms with E-state index in [-0.39, 0.29) is 0 Å². The number of nitrogen functional groups attached to an aromatic ring is 2. The average molecular weight is 238 g/mol. The number of anilines is 2. The van der Waals surface area contributed by atoms with Crippen LogP contribution in [0.25, 0.3) is 0 Å². The van der Waals surface area contributed by atoms with E-state index in [0.29, 0.717) is 23.7 Å². The van der Waals surface area contributed by atoms with E-state index in [1.165, 1.54) is 0 Å². The molecule has 0 saturated carbocycles. The van der Waals surface area contributed by atoms with Gasteiger partial charge in [-0.2, -0.15) is 0 Å². The topological polar surface area (TPSA) is 61.3 Å². The Bertz CT molecular complexity index is 362. The number of hydrogen-bond acceptors (Lipinski definition) is 3. The number of hydrogen-bond donors (Lipinski definition) is 2. The Morgan fingerprint density at radius 2 is 1.82 bits per heavy atom. The molecule has 0 saturated heterocycles. The first-order valence-electron chi connectivity index (χ1n) is 6.12. The fourth-order valence-corrected chi connectivity index (χ4v) is 1.59. The van der Waals surface area contributed by atoms with Gasteiger partial charge in [-0.15, -0.1) is 0 Å². The summed E-state index contributed by atoms with van der Waals surface area (Å²) in [6, 6.07) is 5.33. The van der Waals surface area contributed by atoms with Gasteiger partial charge in [-0.1, -0.05) is 0 Å². The van der Waals surface area contributed by atoms with E-state index < -0.39 is 0 Å². The zero-order valence-electron chi connectivity index (χ0n) is 11.1. The van der Waals surface area contributed by atoms with E-state index >= 15 is 0 Å². The van der Waals surface area contributed by atoms with Crippen molar-refractivity contribution in [2.45, 2.75) is 13.8 Å². The van der Waals surface area contributed by atoms with Crippen molar-refractivity contribution in [2.24, 2.45) is 0 Å². The van der Waals surface area contributed by atoms with Crippen LogP contribution in [0.15, 0.2) is 18.2 Å². The summed E-state index contributed by atoms with van der Waals surface area (Å²) in [6.45, 7) is 8.22. The summed E-state index contributed by atoms with van der Waals surface area (Å²) < 4.78 is 6.70. The van der Waals surface area contributed by atoms with Crippen molar-refractivity contribution in [1.82, 2.24) is 0 Å². The quantitative estimate of drug-likeness (QED) is 0.586. The molecule has 0 fully saturated rings. The third-order valence-electron chi connectivity index (χ3n) is 3.45. The van der Waals surface area contributed by atoms with Gasteiger partial charge in [0, 0.05) is 11.8 Å². The van der Waals surface area contributed by atoms with E-state index in [9.17, 15) is 0 Å². The van der Waals surface area contributed by atoms with Gasteiger partial charge in [-0.3, -0.25) is 0 Å². The molecule has 0 bridgehead atoms. The van der Waals surface area contributed by atoms with Crippen LogP contribution >= 0.6 is 0 Å². The second-order valence-electron chi connectivity index (χ2n) is 4.62. The maximum Gasteiger partial charge on any atom is 0.144 e. The third-order valence-corrected chi connectivity index (χ3v) is 3.45. The van der Waals surface area contributed by atoms with Crippen LogP contribution in [0.3, 0.4) is 0 Å².